The van der Waals surface area contributed by atoms with Gasteiger partial charge in [-0.2, -0.15) is 5.10 Å². The normalized spacial score (nSPS) is 10.8. The molecular weight excluding hydrogens is 444 g/mol. The molecule has 4 N–H and O–H groups in total. The lowest BCUT2D eigenvalue weighted by Crippen LogP contribution is -2.33. The van der Waals surface area contributed by atoms with E-state index in [0.29, 0.717) is 11.3 Å². The second-order valence-electron chi connectivity index (χ2n) is 7.74. The number of hydrazone groups is 1. The van der Waals surface area contributed by atoms with Crippen LogP contribution in [0.15, 0.2) is 90.0 Å². The molecule has 174 valence electrons. The Bertz CT molecular complexity index is 1460. The molecule has 0 aliphatic carbocycles. The van der Waals surface area contributed by atoms with Gasteiger partial charge in [0.05, 0.1) is 17.5 Å². The van der Waals surface area contributed by atoms with Crippen LogP contribution in [-0.2, 0) is 9.59 Å². The van der Waals surface area contributed by atoms with E-state index < -0.39 is 17.7 Å². The number of aromatic hydroxyl groups is 1. The highest BCUT2D eigenvalue weighted by Gasteiger charge is 2.18. The number of benzene rings is 4. The minimum atomic E-state index is -1.03. The number of nitrogens with zero attached hydrogens (tertiary/aromatic N) is 1. The van der Waals surface area contributed by atoms with E-state index in [2.05, 4.69) is 21.2 Å². The van der Waals surface area contributed by atoms with Crippen molar-refractivity contribution in [3.05, 3.63) is 102 Å². The highest BCUT2D eigenvalue weighted by molar-refractivity contribution is 6.40. The molecule has 0 saturated carbocycles. The van der Waals surface area contributed by atoms with Crippen molar-refractivity contribution in [1.82, 2.24) is 5.43 Å². The zero-order valence-electron chi connectivity index (χ0n) is 18.8. The first-order valence-electron chi connectivity index (χ1n) is 10.7. The van der Waals surface area contributed by atoms with Gasteiger partial charge in [0.15, 0.2) is 0 Å². The van der Waals surface area contributed by atoms with Crippen molar-refractivity contribution in [2.75, 3.05) is 10.6 Å². The maximum Gasteiger partial charge on any atom is 0.329 e. The molecule has 4 aromatic carbocycles. The second-order valence-corrected chi connectivity index (χ2v) is 7.74. The van der Waals surface area contributed by atoms with Gasteiger partial charge >= 0.3 is 11.8 Å². The van der Waals surface area contributed by atoms with Crippen molar-refractivity contribution in [2.45, 2.75) is 6.92 Å². The Morgan fingerprint density at radius 2 is 1.60 bits per heavy atom. The highest BCUT2D eigenvalue weighted by atomic mass is 16.3. The summed E-state index contributed by atoms with van der Waals surface area (Å²) in [4.78, 5) is 37.5. The lowest BCUT2D eigenvalue weighted by atomic mass is 10.0. The number of rotatable bonds is 5. The Hall–Kier alpha value is -4.98. The van der Waals surface area contributed by atoms with Crippen LogP contribution in [0, 0.1) is 6.92 Å². The Balaban J connectivity index is 1.44. The van der Waals surface area contributed by atoms with Gasteiger partial charge in [0, 0.05) is 11.3 Å². The van der Waals surface area contributed by atoms with E-state index in [1.807, 2.05) is 49.4 Å². The predicted octanol–water partition coefficient (Wildman–Crippen LogP) is 4.19. The second kappa shape index (κ2) is 10.3. The summed E-state index contributed by atoms with van der Waals surface area (Å²) in [6.07, 6.45) is 1.27. The molecule has 0 aliphatic rings. The average molecular weight is 466 g/mol. The zero-order valence-corrected chi connectivity index (χ0v) is 18.8. The Kier molecular flexibility index (Phi) is 6.83. The third-order valence-electron chi connectivity index (χ3n) is 5.21. The molecule has 8 heteroatoms. The molecule has 3 amide bonds. The van der Waals surface area contributed by atoms with Crippen molar-refractivity contribution < 1.29 is 19.5 Å². The molecule has 4 aromatic rings. The summed E-state index contributed by atoms with van der Waals surface area (Å²) in [6.45, 7) is 1.91. The van der Waals surface area contributed by atoms with Gasteiger partial charge in [0.2, 0.25) is 0 Å². The molecule has 0 atom stereocenters. The number of amides is 3. The molecule has 0 spiro atoms. The van der Waals surface area contributed by atoms with Gasteiger partial charge < -0.3 is 15.7 Å². The molecule has 0 saturated heterocycles. The van der Waals surface area contributed by atoms with Gasteiger partial charge in [-0.05, 0) is 53.6 Å². The Morgan fingerprint density at radius 3 is 2.43 bits per heavy atom. The number of nitrogens with one attached hydrogen (secondary N) is 3. The zero-order chi connectivity index (χ0) is 24.8. The van der Waals surface area contributed by atoms with Crippen LogP contribution in [0.4, 0.5) is 11.4 Å². The van der Waals surface area contributed by atoms with Crippen molar-refractivity contribution in [2.24, 2.45) is 5.10 Å². The van der Waals surface area contributed by atoms with E-state index in [0.717, 1.165) is 16.3 Å². The first-order chi connectivity index (χ1) is 16.9. The number of aryl methyl sites for hydroxylation is 1. The van der Waals surface area contributed by atoms with Crippen LogP contribution in [-0.4, -0.2) is 29.0 Å². The predicted molar refractivity (Wildman–Crippen MR) is 136 cm³/mol. The van der Waals surface area contributed by atoms with Crippen LogP contribution in [0.25, 0.3) is 10.8 Å². The maximum atomic E-state index is 12.8. The van der Waals surface area contributed by atoms with Crippen molar-refractivity contribution in [3.63, 3.8) is 0 Å². The number of carbonyl (C=O) groups excluding carboxylic acids is 3. The fourth-order valence-electron chi connectivity index (χ4n) is 3.52. The number of para-hydroxylation sites is 1. The largest absolute Gasteiger partial charge is 0.507 e. The first-order valence-corrected chi connectivity index (χ1v) is 10.7. The molecular formula is C27H22N4O4. The molecule has 4 rings (SSSR count). The van der Waals surface area contributed by atoms with Gasteiger partial charge in [-0.25, -0.2) is 5.43 Å². The fourth-order valence-corrected chi connectivity index (χ4v) is 3.52. The van der Waals surface area contributed by atoms with Crippen molar-refractivity contribution in [1.29, 1.82) is 0 Å². The quantitative estimate of drug-likeness (QED) is 0.200. The minimum absolute atomic E-state index is 0.0142. The summed E-state index contributed by atoms with van der Waals surface area (Å²) in [5.74, 6) is -2.48. The van der Waals surface area contributed by atoms with Gasteiger partial charge in [-0.1, -0.05) is 54.6 Å². The molecule has 0 fully saturated rings. The number of phenols is 1. The third kappa shape index (κ3) is 5.51. The van der Waals surface area contributed by atoms with E-state index in [-0.39, 0.29) is 17.0 Å². The van der Waals surface area contributed by atoms with Crippen LogP contribution in [0.1, 0.15) is 21.5 Å². The summed E-state index contributed by atoms with van der Waals surface area (Å²) in [7, 11) is 0. The number of fused-ring (bicyclic) bond motifs is 1. The topological polar surface area (TPSA) is 120 Å². The van der Waals surface area contributed by atoms with E-state index in [4.69, 9.17) is 0 Å². The minimum Gasteiger partial charge on any atom is -0.507 e. The van der Waals surface area contributed by atoms with Crippen LogP contribution in [0.2, 0.25) is 0 Å². The Labute approximate surface area is 201 Å². The van der Waals surface area contributed by atoms with Gasteiger partial charge in [0.1, 0.15) is 5.75 Å². The molecule has 0 aromatic heterocycles. The van der Waals surface area contributed by atoms with Crippen LogP contribution >= 0.6 is 0 Å². The summed E-state index contributed by atoms with van der Waals surface area (Å²) in [5.41, 5.74) is 4.51. The molecule has 0 radical (unpaired) electrons. The van der Waals surface area contributed by atoms with Crippen LogP contribution in [0.5, 0.6) is 5.75 Å². The highest BCUT2D eigenvalue weighted by Crippen LogP contribution is 2.25. The SMILES string of the molecule is Cc1cccc(NC(=O)c2ccccc2NC(=O)C(=O)N/N=C\c2c(O)ccc3ccccc23)c1. The van der Waals surface area contributed by atoms with Gasteiger partial charge in [-0.3, -0.25) is 14.4 Å². The molecule has 0 bridgehead atoms. The van der Waals surface area contributed by atoms with Gasteiger partial charge in [0.25, 0.3) is 5.91 Å². The van der Waals surface area contributed by atoms with Crippen molar-refractivity contribution >= 4 is 46.1 Å². The molecule has 35 heavy (non-hydrogen) atoms. The lowest BCUT2D eigenvalue weighted by molar-refractivity contribution is -0.136. The van der Waals surface area contributed by atoms with Gasteiger partial charge in [-0.15, -0.1) is 0 Å². The molecule has 0 aliphatic heterocycles. The average Bonchev–Trinajstić information content (AvgIpc) is 2.85. The maximum absolute atomic E-state index is 12.8. The summed E-state index contributed by atoms with van der Waals surface area (Å²) in [5, 5.41) is 20.8. The number of anilines is 2. The van der Waals surface area contributed by atoms with E-state index in [9.17, 15) is 19.5 Å². The summed E-state index contributed by atoms with van der Waals surface area (Å²) >= 11 is 0. The van der Waals surface area contributed by atoms with E-state index in [1.165, 1.54) is 18.3 Å². The number of carbonyl (C=O) groups is 3. The third-order valence-corrected chi connectivity index (χ3v) is 5.21. The summed E-state index contributed by atoms with van der Waals surface area (Å²) < 4.78 is 0. The lowest BCUT2D eigenvalue weighted by Gasteiger charge is -2.11. The smallest absolute Gasteiger partial charge is 0.329 e. The molecule has 0 heterocycles. The number of hydrogen-bond donors (Lipinski definition) is 4. The van der Waals surface area contributed by atoms with Crippen LogP contribution < -0.4 is 16.1 Å². The van der Waals surface area contributed by atoms with Crippen molar-refractivity contribution in [3.8, 4) is 5.75 Å². The molecule has 8 nitrogen and oxygen atoms in total. The monoisotopic (exact) mass is 466 g/mol. The standard InChI is InChI=1S/C27H22N4O4/c1-17-7-6-9-19(15-17)29-25(33)21-11-4-5-12-23(21)30-26(34)27(35)31-28-16-22-20-10-3-2-8-18(20)13-14-24(22)32/h2-16,32H,1H3,(H,29,33)(H,30,34)(H,31,35)/b28-16-. The van der Waals surface area contributed by atoms with E-state index in [1.54, 1.807) is 30.3 Å². The Morgan fingerprint density at radius 1 is 0.829 bits per heavy atom. The molecule has 0 unspecified atom stereocenters. The number of phenolic OH excluding ortho intramolecular Hbond substituents is 1. The first kappa shape index (κ1) is 23.2. The number of hydrogen-bond acceptors (Lipinski definition) is 5. The fraction of sp³-hybridized carbons (Fsp3) is 0.0370. The van der Waals surface area contributed by atoms with Crippen LogP contribution in [0.3, 0.4) is 0 Å². The van der Waals surface area contributed by atoms with E-state index >= 15 is 0 Å². The summed E-state index contributed by atoms with van der Waals surface area (Å²) in [6, 6.07) is 24.3.